The molecule has 3 heterocycles. The van der Waals surface area contributed by atoms with Crippen LogP contribution in [0, 0.1) is 17.8 Å². The molecular formula is C24H34O9. The smallest absolute Gasteiger partial charge is 0.334 e. The highest BCUT2D eigenvalue weighted by molar-refractivity contribution is 5.91. The molecule has 3 fully saturated rings. The Morgan fingerprint density at radius 3 is 2.45 bits per heavy atom. The van der Waals surface area contributed by atoms with Gasteiger partial charge < -0.3 is 29.2 Å². The third-order valence-corrected chi connectivity index (χ3v) is 6.93. The molecule has 3 saturated heterocycles. The summed E-state index contributed by atoms with van der Waals surface area (Å²) in [5.41, 5.74) is -1.45. The lowest BCUT2D eigenvalue weighted by molar-refractivity contribution is -0.279. The molecule has 0 aromatic carbocycles. The number of carbonyl (C=O) groups excluding carboxylic acids is 3. The molecule has 3 rings (SSSR count). The molecule has 33 heavy (non-hydrogen) atoms. The van der Waals surface area contributed by atoms with E-state index < -0.39 is 71.5 Å². The Kier molecular flexibility index (Phi) is 6.81. The summed E-state index contributed by atoms with van der Waals surface area (Å²) in [6, 6.07) is 0. The molecule has 0 aromatic rings. The topological polar surface area (TPSA) is 129 Å². The molecule has 0 amide bonds. The minimum absolute atomic E-state index is 0.00935. The fourth-order valence-corrected chi connectivity index (χ4v) is 4.81. The molecule has 9 heteroatoms. The van der Waals surface area contributed by atoms with Gasteiger partial charge in [0.25, 0.3) is 0 Å². The van der Waals surface area contributed by atoms with Crippen molar-refractivity contribution in [2.45, 2.75) is 90.2 Å². The van der Waals surface area contributed by atoms with Crippen molar-refractivity contribution in [3.63, 3.8) is 0 Å². The van der Waals surface area contributed by atoms with Crippen LogP contribution in [0.1, 0.15) is 54.4 Å². The molecule has 184 valence electrons. The van der Waals surface area contributed by atoms with Crippen LogP contribution in [0.2, 0.25) is 0 Å². The van der Waals surface area contributed by atoms with E-state index >= 15 is 0 Å². The van der Waals surface area contributed by atoms with E-state index in [4.69, 9.17) is 18.9 Å². The first-order valence-corrected chi connectivity index (χ1v) is 11.3. The maximum absolute atomic E-state index is 12.7. The number of hydrogen-bond donors (Lipinski definition) is 2. The first-order chi connectivity index (χ1) is 15.2. The van der Waals surface area contributed by atoms with E-state index in [1.54, 1.807) is 40.7 Å². The first-order valence-electron chi connectivity index (χ1n) is 11.3. The second-order valence-corrected chi connectivity index (χ2v) is 9.92. The van der Waals surface area contributed by atoms with E-state index in [0.29, 0.717) is 12.0 Å². The zero-order valence-corrected chi connectivity index (χ0v) is 20.0. The van der Waals surface area contributed by atoms with Crippen molar-refractivity contribution < 1.29 is 43.5 Å². The van der Waals surface area contributed by atoms with Gasteiger partial charge in [-0.1, -0.05) is 33.4 Å². The average Bonchev–Trinajstić information content (AvgIpc) is 3.17. The molecule has 0 aliphatic carbocycles. The fourth-order valence-electron chi connectivity index (χ4n) is 4.81. The van der Waals surface area contributed by atoms with E-state index in [1.807, 2.05) is 0 Å². The Hall–Kier alpha value is -2.23. The zero-order chi connectivity index (χ0) is 24.9. The molecule has 3 aliphatic rings. The van der Waals surface area contributed by atoms with E-state index in [2.05, 4.69) is 6.58 Å². The molecule has 2 bridgehead atoms. The van der Waals surface area contributed by atoms with Gasteiger partial charge in [0.05, 0.1) is 17.9 Å². The number of hydrogen-bond acceptors (Lipinski definition) is 9. The molecule has 9 nitrogen and oxygen atoms in total. The van der Waals surface area contributed by atoms with Crippen LogP contribution in [-0.2, 0) is 33.3 Å². The van der Waals surface area contributed by atoms with Gasteiger partial charge >= 0.3 is 17.9 Å². The average molecular weight is 467 g/mol. The van der Waals surface area contributed by atoms with Crippen LogP contribution >= 0.6 is 0 Å². The van der Waals surface area contributed by atoms with Gasteiger partial charge in [0.2, 0.25) is 5.79 Å². The normalized spacial score (nSPS) is 41.1. The molecule has 0 unspecified atom stereocenters. The van der Waals surface area contributed by atoms with Gasteiger partial charge in [-0.2, -0.15) is 0 Å². The van der Waals surface area contributed by atoms with Gasteiger partial charge in [0, 0.05) is 23.5 Å². The van der Waals surface area contributed by atoms with Crippen molar-refractivity contribution in [2.75, 3.05) is 0 Å². The Morgan fingerprint density at radius 1 is 1.24 bits per heavy atom. The highest BCUT2D eigenvalue weighted by Gasteiger charge is 2.65. The summed E-state index contributed by atoms with van der Waals surface area (Å²) in [7, 11) is 0. The van der Waals surface area contributed by atoms with Crippen molar-refractivity contribution in [3.8, 4) is 0 Å². The minimum Gasteiger partial charge on any atom is -0.456 e. The second kappa shape index (κ2) is 8.85. The maximum Gasteiger partial charge on any atom is 0.334 e. The van der Waals surface area contributed by atoms with E-state index in [0.717, 1.165) is 0 Å². The predicted octanol–water partition coefficient (Wildman–Crippen LogP) is 1.80. The Labute approximate surface area is 193 Å². The van der Waals surface area contributed by atoms with Crippen molar-refractivity contribution in [3.05, 3.63) is 23.8 Å². The lowest BCUT2D eigenvalue weighted by Crippen LogP contribution is -2.58. The number of ether oxygens (including phenoxy) is 4. The first kappa shape index (κ1) is 25.4. The van der Waals surface area contributed by atoms with Crippen LogP contribution < -0.4 is 0 Å². The lowest BCUT2D eigenvalue weighted by Gasteiger charge is -2.41. The van der Waals surface area contributed by atoms with Crippen LogP contribution in [0.5, 0.6) is 0 Å². The molecule has 0 aromatic heterocycles. The number of rotatable bonds is 4. The van der Waals surface area contributed by atoms with Crippen molar-refractivity contribution in [1.29, 1.82) is 0 Å². The monoisotopic (exact) mass is 466 g/mol. The number of aliphatic hydroxyl groups is 2. The molecule has 2 N–H and O–H groups in total. The summed E-state index contributed by atoms with van der Waals surface area (Å²) in [5, 5.41) is 23.1. The Morgan fingerprint density at radius 2 is 1.88 bits per heavy atom. The summed E-state index contributed by atoms with van der Waals surface area (Å²) >= 11 is 0. The molecular weight excluding hydrogens is 432 g/mol. The zero-order valence-electron chi connectivity index (χ0n) is 20.0. The van der Waals surface area contributed by atoms with Gasteiger partial charge in [0.15, 0.2) is 18.3 Å². The van der Waals surface area contributed by atoms with Crippen molar-refractivity contribution in [1.82, 2.24) is 0 Å². The maximum atomic E-state index is 12.7. The predicted molar refractivity (Wildman–Crippen MR) is 115 cm³/mol. The van der Waals surface area contributed by atoms with Crippen LogP contribution in [0.3, 0.4) is 0 Å². The van der Waals surface area contributed by atoms with Crippen molar-refractivity contribution in [2.24, 2.45) is 17.8 Å². The van der Waals surface area contributed by atoms with Crippen LogP contribution in [0.15, 0.2) is 23.8 Å². The molecule has 0 saturated carbocycles. The van der Waals surface area contributed by atoms with Gasteiger partial charge in [0.1, 0.15) is 5.60 Å². The number of allylic oxidation sites excluding steroid dienone is 1. The third-order valence-electron chi connectivity index (χ3n) is 6.93. The lowest BCUT2D eigenvalue weighted by atomic mass is 9.75. The molecule has 0 radical (unpaired) electrons. The highest BCUT2D eigenvalue weighted by atomic mass is 16.7. The summed E-state index contributed by atoms with van der Waals surface area (Å²) in [6.45, 7) is 13.5. The van der Waals surface area contributed by atoms with Gasteiger partial charge in [-0.25, -0.2) is 9.59 Å². The summed E-state index contributed by atoms with van der Waals surface area (Å²) < 4.78 is 22.9. The minimum atomic E-state index is -1.96. The van der Waals surface area contributed by atoms with E-state index in [1.165, 1.54) is 6.92 Å². The summed E-state index contributed by atoms with van der Waals surface area (Å²) in [4.78, 5) is 37.9. The Balaban J connectivity index is 2.16. The SMILES string of the molecule is C=C1C(=O)O[C@@H]2[C@@H]1[C@H](OC(=O)C(C)C)[C@]1(O)O[C@@H](C[C@@H]1C)C[C@@](C)(O)[C@H]2OC(=O)/C(C)=C\C. The molecule has 3 aliphatic heterocycles. The Bertz CT molecular complexity index is 873. The van der Waals surface area contributed by atoms with Gasteiger partial charge in [-0.3, -0.25) is 4.79 Å². The van der Waals surface area contributed by atoms with Gasteiger partial charge in [-0.05, 0) is 27.2 Å². The molecule has 8 atom stereocenters. The summed E-state index contributed by atoms with van der Waals surface area (Å²) in [5.74, 6) is -6.17. The van der Waals surface area contributed by atoms with Crippen molar-refractivity contribution >= 4 is 17.9 Å². The van der Waals surface area contributed by atoms with Crippen LogP contribution in [0.4, 0.5) is 0 Å². The summed E-state index contributed by atoms with van der Waals surface area (Å²) in [6.07, 6.45) is -2.65. The third kappa shape index (κ3) is 4.46. The fraction of sp³-hybridized carbons (Fsp3) is 0.708. The van der Waals surface area contributed by atoms with Crippen LogP contribution in [0.25, 0.3) is 0 Å². The number of esters is 3. The van der Waals surface area contributed by atoms with E-state index in [-0.39, 0.29) is 12.0 Å². The largest absolute Gasteiger partial charge is 0.456 e. The number of fused-ring (bicyclic) bond motifs is 3. The number of carbonyl (C=O) groups is 3. The molecule has 0 spiro atoms. The van der Waals surface area contributed by atoms with Gasteiger partial charge in [-0.15, -0.1) is 0 Å². The quantitative estimate of drug-likeness (QED) is 0.362. The second-order valence-electron chi connectivity index (χ2n) is 9.92. The van der Waals surface area contributed by atoms with Crippen LogP contribution in [-0.4, -0.2) is 63.9 Å². The standard InChI is InChI=1S/C24H34O9/c1-8-12(4)21(26)32-19-17-16(14(6)22(27)30-17)18(31-20(25)11(2)3)24(29)13(5)9-15(33-24)10-23(19,7)28/h8,11,13,15-19,28-29H,6,9-10H2,1-5,7H3/b12-8-/t13-,15-,16+,17+,18-,19-,23+,24+/m0/s1. The highest BCUT2D eigenvalue weighted by Crippen LogP contribution is 2.50. The van der Waals surface area contributed by atoms with E-state index in [9.17, 15) is 24.6 Å².